The average molecular weight is 522 g/mol. The van der Waals surface area contributed by atoms with Gasteiger partial charge >= 0.3 is 5.97 Å². The number of fused-ring (bicyclic) bond motifs is 1. The zero-order valence-corrected chi connectivity index (χ0v) is 19.5. The normalized spacial score (nSPS) is 10.8. The molecule has 0 aliphatic rings. The first-order valence-corrected chi connectivity index (χ1v) is 10.3. The van der Waals surface area contributed by atoms with Crippen LogP contribution in [0.25, 0.3) is 10.8 Å². The Morgan fingerprint density at radius 1 is 1.16 bits per heavy atom. The standard InChI is InChI=1S/C18H17ClN6O4S.2ClH/c19-25(18(20)21)16-9-23-8-13-6-14(3-4-15(13)16)30(28,29)24(11-17(26)27)10-12-2-1-5-22-7-12;;/h1-9H,10-11H2,(H3,20,21)(H,26,27);2*1H. The third-order valence-corrected chi connectivity index (χ3v) is 6.32. The van der Waals surface area contributed by atoms with Crippen LogP contribution in [-0.2, 0) is 21.4 Å². The molecule has 2 aromatic heterocycles. The van der Waals surface area contributed by atoms with Gasteiger partial charge in [-0.15, -0.1) is 24.8 Å². The minimum atomic E-state index is -4.15. The molecule has 0 aliphatic carbocycles. The summed E-state index contributed by atoms with van der Waals surface area (Å²) in [5.74, 6) is -1.71. The number of carboxylic acid groups (broad SMARTS) is 1. The molecule has 0 amide bonds. The zero-order valence-electron chi connectivity index (χ0n) is 16.3. The second kappa shape index (κ2) is 11.2. The smallest absolute Gasteiger partial charge is 0.318 e. The third-order valence-electron chi connectivity index (χ3n) is 4.16. The van der Waals surface area contributed by atoms with Crippen molar-refractivity contribution in [1.82, 2.24) is 14.3 Å². The Kier molecular flexibility index (Phi) is 9.61. The van der Waals surface area contributed by atoms with Gasteiger partial charge in [-0.05, 0) is 23.8 Å². The molecule has 0 spiro atoms. The summed E-state index contributed by atoms with van der Waals surface area (Å²) in [5.41, 5.74) is 6.26. The van der Waals surface area contributed by atoms with Crippen molar-refractivity contribution >= 4 is 75.0 Å². The van der Waals surface area contributed by atoms with Crippen LogP contribution in [-0.4, -0.2) is 46.3 Å². The second-order valence-electron chi connectivity index (χ2n) is 6.24. The molecule has 4 N–H and O–H groups in total. The van der Waals surface area contributed by atoms with Gasteiger partial charge in [-0.1, -0.05) is 12.1 Å². The van der Waals surface area contributed by atoms with Gasteiger partial charge in [-0.25, -0.2) is 12.8 Å². The Hall–Kier alpha value is -2.70. The zero-order chi connectivity index (χ0) is 21.9. The monoisotopic (exact) mass is 520 g/mol. The van der Waals surface area contributed by atoms with Crippen molar-refractivity contribution in [3.63, 3.8) is 0 Å². The van der Waals surface area contributed by atoms with Crippen LogP contribution in [0.3, 0.4) is 0 Å². The quantitative estimate of drug-likeness (QED) is 0.243. The van der Waals surface area contributed by atoms with Crippen molar-refractivity contribution in [2.24, 2.45) is 5.73 Å². The molecule has 0 bridgehead atoms. The van der Waals surface area contributed by atoms with Gasteiger partial charge in [-0.2, -0.15) is 4.31 Å². The lowest BCUT2D eigenvalue weighted by Gasteiger charge is -2.21. The summed E-state index contributed by atoms with van der Waals surface area (Å²) in [7, 11) is -4.15. The molecule has 0 aliphatic heterocycles. The van der Waals surface area contributed by atoms with Crippen molar-refractivity contribution in [3.05, 3.63) is 60.7 Å². The van der Waals surface area contributed by atoms with E-state index < -0.39 is 28.5 Å². The summed E-state index contributed by atoms with van der Waals surface area (Å²) in [4.78, 5) is 19.1. The number of anilines is 1. The fourth-order valence-electron chi connectivity index (χ4n) is 2.81. The number of benzene rings is 1. The summed E-state index contributed by atoms with van der Waals surface area (Å²) < 4.78 is 28.1. The highest BCUT2D eigenvalue weighted by Gasteiger charge is 2.27. The van der Waals surface area contributed by atoms with Crippen molar-refractivity contribution in [2.45, 2.75) is 11.4 Å². The molecule has 0 unspecified atom stereocenters. The van der Waals surface area contributed by atoms with Gasteiger partial charge in [0, 0.05) is 47.7 Å². The van der Waals surface area contributed by atoms with Crippen LogP contribution >= 0.6 is 36.6 Å². The molecule has 0 saturated carbocycles. The van der Waals surface area contributed by atoms with Crippen molar-refractivity contribution < 1.29 is 18.3 Å². The van der Waals surface area contributed by atoms with Gasteiger partial charge in [0.15, 0.2) is 0 Å². The Morgan fingerprint density at radius 2 is 1.88 bits per heavy atom. The van der Waals surface area contributed by atoms with Crippen LogP contribution in [0.4, 0.5) is 5.69 Å². The van der Waals surface area contributed by atoms with Gasteiger partial charge in [0.05, 0.1) is 16.8 Å². The molecule has 32 heavy (non-hydrogen) atoms. The van der Waals surface area contributed by atoms with E-state index in [2.05, 4.69) is 9.97 Å². The maximum atomic E-state index is 13.2. The van der Waals surface area contributed by atoms with Crippen LogP contribution in [0.5, 0.6) is 0 Å². The van der Waals surface area contributed by atoms with Gasteiger partial charge in [-0.3, -0.25) is 20.2 Å². The molecular formula is C18H19Cl3N6O4S. The fourth-order valence-corrected chi connectivity index (χ4v) is 4.35. The Bertz CT molecular complexity index is 1210. The lowest BCUT2D eigenvalue weighted by Crippen LogP contribution is -2.35. The number of halogens is 3. The number of sulfonamides is 1. The second-order valence-corrected chi connectivity index (χ2v) is 8.51. The molecule has 3 aromatic rings. The number of rotatable bonds is 7. The SMILES string of the molecule is Cl.Cl.N=C(N)N(Cl)c1cncc2cc(S(=O)(=O)N(CC(=O)O)Cc3cccnc3)ccc12. The number of nitrogens with two attached hydrogens (primary N) is 1. The van der Waals surface area contributed by atoms with Crippen LogP contribution < -0.4 is 10.2 Å². The van der Waals surface area contributed by atoms with E-state index in [-0.39, 0.29) is 36.3 Å². The number of aromatic nitrogens is 2. The summed E-state index contributed by atoms with van der Waals surface area (Å²) in [6.45, 7) is -0.869. The minimum Gasteiger partial charge on any atom is -0.480 e. The van der Waals surface area contributed by atoms with E-state index in [4.69, 9.17) is 22.9 Å². The van der Waals surface area contributed by atoms with E-state index in [1.807, 2.05) is 0 Å². The van der Waals surface area contributed by atoms with Crippen molar-refractivity contribution in [1.29, 1.82) is 5.41 Å². The molecule has 0 saturated heterocycles. The topological polar surface area (TPSA) is 154 Å². The molecule has 1 aromatic carbocycles. The van der Waals surface area contributed by atoms with Gasteiger partial charge in [0.25, 0.3) is 0 Å². The lowest BCUT2D eigenvalue weighted by atomic mass is 10.1. The largest absolute Gasteiger partial charge is 0.480 e. The first-order chi connectivity index (χ1) is 14.2. The van der Waals surface area contributed by atoms with E-state index in [0.29, 0.717) is 22.0 Å². The number of nitrogens with zero attached hydrogens (tertiary/aromatic N) is 4. The Morgan fingerprint density at radius 3 is 2.47 bits per heavy atom. The number of nitrogens with one attached hydrogen (secondary N) is 1. The van der Waals surface area contributed by atoms with E-state index in [1.165, 1.54) is 43.0 Å². The maximum absolute atomic E-state index is 13.2. The number of pyridine rings is 2. The molecule has 2 heterocycles. The minimum absolute atomic E-state index is 0. The number of hydrogen-bond acceptors (Lipinski definition) is 6. The highest BCUT2D eigenvalue weighted by atomic mass is 35.5. The highest BCUT2D eigenvalue weighted by molar-refractivity contribution is 7.89. The number of guanidine groups is 1. The van der Waals surface area contributed by atoms with Crippen LogP contribution in [0.2, 0.25) is 0 Å². The maximum Gasteiger partial charge on any atom is 0.318 e. The summed E-state index contributed by atoms with van der Waals surface area (Å²) >= 11 is 5.99. The highest BCUT2D eigenvalue weighted by Crippen LogP contribution is 2.29. The van der Waals surface area contributed by atoms with Gasteiger partial charge in [0.2, 0.25) is 16.0 Å². The first kappa shape index (κ1) is 27.3. The number of hydrogen-bond donors (Lipinski definition) is 3. The van der Waals surface area contributed by atoms with Crippen molar-refractivity contribution in [3.8, 4) is 0 Å². The predicted octanol–water partition coefficient (Wildman–Crippen LogP) is 2.60. The Balaban J connectivity index is 0.00000256. The summed E-state index contributed by atoms with van der Waals surface area (Å²) in [6.07, 6.45) is 5.84. The summed E-state index contributed by atoms with van der Waals surface area (Å²) in [5, 5.41) is 17.6. The number of carboxylic acids is 1. The van der Waals surface area contributed by atoms with Crippen LogP contribution in [0.15, 0.2) is 60.0 Å². The number of aliphatic carboxylic acids is 1. The van der Waals surface area contributed by atoms with E-state index >= 15 is 0 Å². The fraction of sp³-hybridized carbons (Fsp3) is 0.111. The number of carbonyl (C=O) groups is 1. The summed E-state index contributed by atoms with van der Waals surface area (Å²) in [6, 6.07) is 7.50. The molecule has 0 atom stereocenters. The van der Waals surface area contributed by atoms with E-state index in [1.54, 1.807) is 12.1 Å². The van der Waals surface area contributed by atoms with Crippen LogP contribution in [0, 0.1) is 5.41 Å². The van der Waals surface area contributed by atoms with Crippen molar-refractivity contribution in [2.75, 3.05) is 11.0 Å². The van der Waals surface area contributed by atoms with Gasteiger partial charge < -0.3 is 10.8 Å². The third kappa shape index (κ3) is 5.96. The molecule has 10 nitrogen and oxygen atoms in total. The van der Waals surface area contributed by atoms with E-state index in [0.717, 1.165) is 8.72 Å². The van der Waals surface area contributed by atoms with Gasteiger partial charge in [0.1, 0.15) is 6.54 Å². The molecule has 172 valence electrons. The molecule has 3 rings (SSSR count). The molecule has 0 fully saturated rings. The molecular weight excluding hydrogens is 503 g/mol. The first-order valence-electron chi connectivity index (χ1n) is 8.48. The van der Waals surface area contributed by atoms with E-state index in [9.17, 15) is 18.3 Å². The Labute approximate surface area is 201 Å². The average Bonchev–Trinajstić information content (AvgIpc) is 2.72. The predicted molar refractivity (Wildman–Crippen MR) is 126 cm³/mol. The molecule has 14 heteroatoms. The van der Waals surface area contributed by atoms with Crippen LogP contribution in [0.1, 0.15) is 5.56 Å². The molecule has 0 radical (unpaired) electrons. The lowest BCUT2D eigenvalue weighted by molar-refractivity contribution is -0.137.